The monoisotopic (exact) mass is 399 g/mol. The number of ether oxygens (including phenoxy) is 1. The summed E-state index contributed by atoms with van der Waals surface area (Å²) < 4.78 is 19.6. The zero-order valence-corrected chi connectivity index (χ0v) is 15.3. The number of halogens is 1. The maximum absolute atomic E-state index is 12.9. The topological polar surface area (TPSA) is 119 Å². The minimum absolute atomic E-state index is 0.0815. The molecular weight excluding hydrogens is 381 g/mol. The van der Waals surface area contributed by atoms with Crippen LogP contribution in [0.5, 0.6) is 5.88 Å². The van der Waals surface area contributed by atoms with Crippen LogP contribution in [0, 0.1) is 5.82 Å². The molecular formula is C19H18FN5O4. The highest BCUT2D eigenvalue weighted by Crippen LogP contribution is 2.17. The van der Waals surface area contributed by atoms with Crippen LogP contribution < -0.4 is 21.3 Å². The minimum Gasteiger partial charge on any atom is -0.475 e. The first-order valence-electron chi connectivity index (χ1n) is 8.80. The summed E-state index contributed by atoms with van der Waals surface area (Å²) in [5.41, 5.74) is 0.278. The Balaban J connectivity index is 1.39. The van der Waals surface area contributed by atoms with Gasteiger partial charge in [0.25, 0.3) is 5.56 Å². The number of benzene rings is 1. The molecule has 29 heavy (non-hydrogen) atoms. The lowest BCUT2D eigenvalue weighted by Gasteiger charge is -2.08. The standard InChI is InChI=1S/C19H18FN5O4/c20-14-3-1-13(2-4-14)15-5-6-18(24-23-15)29-12-9-21-16(26)7-10-25-11-8-17(27)22-19(25)28/h1-6,8,11H,7,9-10,12H2,(H,21,26)(H,22,27,28). The maximum Gasteiger partial charge on any atom is 0.328 e. The summed E-state index contributed by atoms with van der Waals surface area (Å²) in [5.74, 6) is -0.288. The van der Waals surface area contributed by atoms with E-state index in [-0.39, 0.29) is 37.8 Å². The first-order valence-corrected chi connectivity index (χ1v) is 8.80. The lowest BCUT2D eigenvalue weighted by Crippen LogP contribution is -2.32. The first kappa shape index (κ1) is 19.9. The van der Waals surface area contributed by atoms with Gasteiger partial charge in [-0.2, -0.15) is 0 Å². The van der Waals surface area contributed by atoms with E-state index in [4.69, 9.17) is 4.74 Å². The van der Waals surface area contributed by atoms with Crippen molar-refractivity contribution in [3.05, 3.63) is 75.3 Å². The van der Waals surface area contributed by atoms with E-state index in [1.54, 1.807) is 24.3 Å². The van der Waals surface area contributed by atoms with E-state index in [0.717, 1.165) is 5.56 Å². The second-order valence-corrected chi connectivity index (χ2v) is 6.02. The summed E-state index contributed by atoms with van der Waals surface area (Å²) in [6.45, 7) is 0.592. The SMILES string of the molecule is O=C(CCn1ccc(=O)[nH]c1=O)NCCOc1ccc(-c2ccc(F)cc2)nn1. The molecule has 0 saturated carbocycles. The van der Waals surface area contributed by atoms with E-state index in [1.807, 2.05) is 0 Å². The fourth-order valence-electron chi connectivity index (χ4n) is 2.45. The molecule has 2 N–H and O–H groups in total. The van der Waals surface area contributed by atoms with Gasteiger partial charge in [0.15, 0.2) is 0 Å². The smallest absolute Gasteiger partial charge is 0.328 e. The van der Waals surface area contributed by atoms with E-state index >= 15 is 0 Å². The Morgan fingerprint density at radius 3 is 2.59 bits per heavy atom. The van der Waals surface area contributed by atoms with E-state index < -0.39 is 11.2 Å². The van der Waals surface area contributed by atoms with E-state index in [0.29, 0.717) is 11.6 Å². The molecule has 0 aliphatic carbocycles. The molecule has 9 nitrogen and oxygen atoms in total. The Morgan fingerprint density at radius 1 is 1.10 bits per heavy atom. The van der Waals surface area contributed by atoms with Crippen molar-refractivity contribution in [1.29, 1.82) is 0 Å². The summed E-state index contributed by atoms with van der Waals surface area (Å²) >= 11 is 0. The van der Waals surface area contributed by atoms with Crippen LogP contribution in [0.15, 0.2) is 58.3 Å². The third kappa shape index (κ3) is 5.83. The van der Waals surface area contributed by atoms with Gasteiger partial charge >= 0.3 is 5.69 Å². The molecule has 0 aliphatic heterocycles. The van der Waals surface area contributed by atoms with Gasteiger partial charge in [-0.15, -0.1) is 10.2 Å². The fourth-order valence-corrected chi connectivity index (χ4v) is 2.45. The number of carbonyl (C=O) groups is 1. The van der Waals surface area contributed by atoms with Crippen LogP contribution in [0.3, 0.4) is 0 Å². The number of rotatable bonds is 8. The molecule has 0 aliphatic rings. The summed E-state index contributed by atoms with van der Waals surface area (Å²) in [6, 6.07) is 10.5. The van der Waals surface area contributed by atoms with E-state index in [9.17, 15) is 18.8 Å². The average molecular weight is 399 g/mol. The zero-order chi connectivity index (χ0) is 20.6. The van der Waals surface area contributed by atoms with Gasteiger partial charge in [0.1, 0.15) is 12.4 Å². The van der Waals surface area contributed by atoms with Crippen LogP contribution in [0.25, 0.3) is 11.3 Å². The zero-order valence-electron chi connectivity index (χ0n) is 15.3. The molecule has 10 heteroatoms. The Bertz CT molecular complexity index is 1080. The number of hydrogen-bond donors (Lipinski definition) is 2. The van der Waals surface area contributed by atoms with Crippen LogP contribution in [0.4, 0.5) is 4.39 Å². The number of carbonyl (C=O) groups excluding carboxylic acids is 1. The quantitative estimate of drug-likeness (QED) is 0.539. The number of amides is 1. The van der Waals surface area contributed by atoms with Crippen LogP contribution in [0.1, 0.15) is 6.42 Å². The molecule has 0 spiro atoms. The number of aryl methyl sites for hydroxylation is 1. The number of aromatic amines is 1. The summed E-state index contributed by atoms with van der Waals surface area (Å²) in [7, 11) is 0. The minimum atomic E-state index is -0.559. The van der Waals surface area contributed by atoms with Gasteiger partial charge in [-0.25, -0.2) is 9.18 Å². The van der Waals surface area contributed by atoms with Crippen molar-refractivity contribution in [2.24, 2.45) is 0 Å². The Labute approximate surface area is 164 Å². The summed E-state index contributed by atoms with van der Waals surface area (Å²) in [5, 5.41) is 10.6. The molecule has 3 aromatic rings. The van der Waals surface area contributed by atoms with Gasteiger partial charge in [-0.05, 0) is 30.3 Å². The van der Waals surface area contributed by atoms with Crippen molar-refractivity contribution in [2.45, 2.75) is 13.0 Å². The number of aromatic nitrogens is 4. The number of hydrogen-bond acceptors (Lipinski definition) is 6. The van der Waals surface area contributed by atoms with Gasteiger partial charge < -0.3 is 14.6 Å². The Hall–Kier alpha value is -3.82. The normalized spacial score (nSPS) is 10.5. The molecule has 0 unspecified atom stereocenters. The third-order valence-corrected chi connectivity index (χ3v) is 3.93. The molecule has 0 bridgehead atoms. The van der Waals surface area contributed by atoms with Crippen LogP contribution >= 0.6 is 0 Å². The third-order valence-electron chi connectivity index (χ3n) is 3.93. The van der Waals surface area contributed by atoms with Crippen molar-refractivity contribution in [2.75, 3.05) is 13.2 Å². The van der Waals surface area contributed by atoms with Gasteiger partial charge in [-0.1, -0.05) is 0 Å². The van der Waals surface area contributed by atoms with Gasteiger partial charge in [0.2, 0.25) is 11.8 Å². The van der Waals surface area contributed by atoms with Gasteiger partial charge in [-0.3, -0.25) is 14.6 Å². The van der Waals surface area contributed by atoms with Gasteiger partial charge in [0, 0.05) is 36.9 Å². The molecule has 150 valence electrons. The number of H-pyrrole nitrogens is 1. The van der Waals surface area contributed by atoms with Gasteiger partial charge in [0.05, 0.1) is 12.2 Å². The molecule has 2 heterocycles. The predicted molar refractivity (Wildman–Crippen MR) is 102 cm³/mol. The van der Waals surface area contributed by atoms with Crippen LogP contribution in [-0.4, -0.2) is 38.8 Å². The van der Waals surface area contributed by atoms with E-state index in [1.165, 1.54) is 29.0 Å². The maximum atomic E-state index is 12.9. The Kier molecular flexibility index (Phi) is 6.46. The molecule has 0 saturated heterocycles. The molecule has 3 rings (SSSR count). The molecule has 0 fully saturated rings. The Morgan fingerprint density at radius 2 is 1.90 bits per heavy atom. The molecule has 0 atom stereocenters. The summed E-state index contributed by atoms with van der Waals surface area (Å²) in [4.78, 5) is 36.5. The van der Waals surface area contributed by atoms with Crippen molar-refractivity contribution in [3.63, 3.8) is 0 Å². The molecule has 1 amide bonds. The fraction of sp³-hybridized carbons (Fsp3) is 0.211. The first-order chi connectivity index (χ1) is 14.0. The largest absolute Gasteiger partial charge is 0.475 e. The predicted octanol–water partition coefficient (Wildman–Crippen LogP) is 0.718. The van der Waals surface area contributed by atoms with Crippen molar-refractivity contribution in [1.82, 2.24) is 25.1 Å². The van der Waals surface area contributed by atoms with Crippen molar-refractivity contribution >= 4 is 5.91 Å². The average Bonchev–Trinajstić information content (AvgIpc) is 2.72. The second-order valence-electron chi connectivity index (χ2n) is 6.02. The van der Waals surface area contributed by atoms with Crippen LogP contribution in [0.2, 0.25) is 0 Å². The lowest BCUT2D eigenvalue weighted by molar-refractivity contribution is -0.121. The second kappa shape index (κ2) is 9.40. The molecule has 2 aromatic heterocycles. The number of nitrogens with zero attached hydrogens (tertiary/aromatic N) is 3. The van der Waals surface area contributed by atoms with Crippen molar-refractivity contribution in [3.8, 4) is 17.1 Å². The lowest BCUT2D eigenvalue weighted by atomic mass is 10.1. The molecule has 0 radical (unpaired) electrons. The van der Waals surface area contributed by atoms with E-state index in [2.05, 4.69) is 20.5 Å². The highest BCUT2D eigenvalue weighted by atomic mass is 19.1. The summed E-state index contributed by atoms with van der Waals surface area (Å²) in [6.07, 6.45) is 1.42. The number of nitrogens with one attached hydrogen (secondary N) is 2. The molecule has 1 aromatic carbocycles. The highest BCUT2D eigenvalue weighted by molar-refractivity contribution is 5.75. The highest BCUT2D eigenvalue weighted by Gasteiger charge is 2.05. The van der Waals surface area contributed by atoms with Crippen LogP contribution in [-0.2, 0) is 11.3 Å². The van der Waals surface area contributed by atoms with Crippen molar-refractivity contribution < 1.29 is 13.9 Å².